The number of anilines is 1. The summed E-state index contributed by atoms with van der Waals surface area (Å²) in [6.45, 7) is 7.37. The lowest BCUT2D eigenvalue weighted by molar-refractivity contribution is 0.872. The summed E-state index contributed by atoms with van der Waals surface area (Å²) in [6.07, 6.45) is 3.17. The van der Waals surface area contributed by atoms with E-state index in [1.165, 1.54) is 5.56 Å². The summed E-state index contributed by atoms with van der Waals surface area (Å²) in [4.78, 5) is 9.37. The molecule has 0 atom stereocenters. The Labute approximate surface area is 121 Å². The van der Waals surface area contributed by atoms with Crippen LogP contribution in [0.3, 0.4) is 0 Å². The van der Waals surface area contributed by atoms with Crippen molar-refractivity contribution >= 4 is 5.82 Å². The number of nitrogens with zero attached hydrogens (tertiary/aromatic N) is 2. The van der Waals surface area contributed by atoms with E-state index in [9.17, 15) is 0 Å². The van der Waals surface area contributed by atoms with E-state index in [0.717, 1.165) is 48.7 Å². The average molecular weight is 269 g/mol. The van der Waals surface area contributed by atoms with Crippen molar-refractivity contribution in [3.63, 3.8) is 0 Å². The minimum absolute atomic E-state index is 0.827. The highest BCUT2D eigenvalue weighted by atomic mass is 15.0. The van der Waals surface area contributed by atoms with Crippen LogP contribution in [-0.2, 0) is 6.42 Å². The van der Waals surface area contributed by atoms with E-state index in [1.54, 1.807) is 0 Å². The molecule has 2 aromatic rings. The lowest BCUT2D eigenvalue weighted by atomic mass is 10.1. The molecule has 0 unspecified atom stereocenters. The first-order chi connectivity index (χ1) is 9.74. The van der Waals surface area contributed by atoms with Gasteiger partial charge in [0.05, 0.1) is 0 Å². The third kappa shape index (κ3) is 3.56. The Bertz CT molecular complexity index is 564. The summed E-state index contributed by atoms with van der Waals surface area (Å²) in [6, 6.07) is 10.3. The largest absolute Gasteiger partial charge is 0.370 e. The predicted octanol–water partition coefficient (Wildman–Crippen LogP) is 4.23. The monoisotopic (exact) mass is 269 g/mol. The van der Waals surface area contributed by atoms with Gasteiger partial charge in [0.1, 0.15) is 5.82 Å². The average Bonchev–Trinajstić information content (AvgIpc) is 2.46. The van der Waals surface area contributed by atoms with Crippen molar-refractivity contribution < 1.29 is 0 Å². The summed E-state index contributed by atoms with van der Waals surface area (Å²) in [5.41, 5.74) is 3.44. The normalized spacial score (nSPS) is 10.6. The zero-order valence-corrected chi connectivity index (χ0v) is 12.6. The predicted molar refractivity (Wildman–Crippen MR) is 85.0 cm³/mol. The molecule has 2 rings (SSSR count). The SMILES string of the molecule is CCCNc1cc(CCC)nc(-c2ccccc2C)n1. The number of aryl methyl sites for hydroxylation is 2. The lowest BCUT2D eigenvalue weighted by Gasteiger charge is -2.10. The highest BCUT2D eigenvalue weighted by Gasteiger charge is 2.08. The minimum Gasteiger partial charge on any atom is -0.370 e. The first-order valence-electron chi connectivity index (χ1n) is 7.42. The fourth-order valence-corrected chi connectivity index (χ4v) is 2.17. The third-order valence-corrected chi connectivity index (χ3v) is 3.23. The van der Waals surface area contributed by atoms with Crippen molar-refractivity contribution in [3.8, 4) is 11.4 Å². The van der Waals surface area contributed by atoms with Gasteiger partial charge in [0.25, 0.3) is 0 Å². The molecule has 0 aliphatic heterocycles. The van der Waals surface area contributed by atoms with Crippen LogP contribution in [0, 0.1) is 6.92 Å². The Hall–Kier alpha value is -1.90. The molecule has 20 heavy (non-hydrogen) atoms. The zero-order valence-electron chi connectivity index (χ0n) is 12.6. The Kier molecular flexibility index (Phi) is 5.10. The topological polar surface area (TPSA) is 37.8 Å². The molecule has 0 saturated carbocycles. The molecule has 0 saturated heterocycles. The lowest BCUT2D eigenvalue weighted by Crippen LogP contribution is -2.06. The Morgan fingerprint density at radius 1 is 1.05 bits per heavy atom. The van der Waals surface area contributed by atoms with E-state index in [0.29, 0.717) is 0 Å². The van der Waals surface area contributed by atoms with E-state index >= 15 is 0 Å². The molecule has 3 nitrogen and oxygen atoms in total. The van der Waals surface area contributed by atoms with Crippen molar-refractivity contribution in [1.82, 2.24) is 9.97 Å². The highest BCUT2D eigenvalue weighted by molar-refractivity contribution is 5.61. The van der Waals surface area contributed by atoms with Gasteiger partial charge in [-0.05, 0) is 25.3 Å². The van der Waals surface area contributed by atoms with Crippen LogP contribution >= 0.6 is 0 Å². The summed E-state index contributed by atoms with van der Waals surface area (Å²) >= 11 is 0. The number of hydrogen-bond acceptors (Lipinski definition) is 3. The first-order valence-corrected chi connectivity index (χ1v) is 7.42. The molecule has 1 heterocycles. The molecular weight excluding hydrogens is 246 g/mol. The van der Waals surface area contributed by atoms with Crippen LogP contribution in [0.2, 0.25) is 0 Å². The molecule has 1 aromatic carbocycles. The third-order valence-electron chi connectivity index (χ3n) is 3.23. The Balaban J connectivity index is 2.40. The summed E-state index contributed by atoms with van der Waals surface area (Å²) < 4.78 is 0. The quantitative estimate of drug-likeness (QED) is 0.853. The van der Waals surface area contributed by atoms with Gasteiger partial charge in [-0.15, -0.1) is 0 Å². The van der Waals surface area contributed by atoms with E-state index in [2.05, 4.69) is 49.3 Å². The van der Waals surface area contributed by atoms with Gasteiger partial charge in [0.2, 0.25) is 0 Å². The molecule has 0 spiro atoms. The van der Waals surface area contributed by atoms with Gasteiger partial charge in [-0.3, -0.25) is 0 Å². The molecule has 0 aliphatic carbocycles. The molecule has 0 radical (unpaired) electrons. The number of nitrogens with one attached hydrogen (secondary N) is 1. The molecule has 3 heteroatoms. The van der Waals surface area contributed by atoms with Gasteiger partial charge in [-0.25, -0.2) is 9.97 Å². The first kappa shape index (κ1) is 14.5. The van der Waals surface area contributed by atoms with Gasteiger partial charge < -0.3 is 5.32 Å². The van der Waals surface area contributed by atoms with Crippen LogP contribution in [0.1, 0.15) is 37.9 Å². The second kappa shape index (κ2) is 7.04. The molecule has 106 valence electrons. The van der Waals surface area contributed by atoms with Crippen LogP contribution in [0.4, 0.5) is 5.82 Å². The number of hydrogen-bond donors (Lipinski definition) is 1. The number of rotatable bonds is 6. The van der Waals surface area contributed by atoms with Gasteiger partial charge in [-0.2, -0.15) is 0 Å². The van der Waals surface area contributed by atoms with Crippen LogP contribution in [0.15, 0.2) is 30.3 Å². The molecule has 0 aliphatic rings. The summed E-state index contributed by atoms with van der Waals surface area (Å²) in [5, 5.41) is 3.37. The Morgan fingerprint density at radius 3 is 2.55 bits per heavy atom. The van der Waals surface area contributed by atoms with E-state index < -0.39 is 0 Å². The maximum Gasteiger partial charge on any atom is 0.162 e. The second-order valence-electron chi connectivity index (χ2n) is 5.06. The highest BCUT2D eigenvalue weighted by Crippen LogP contribution is 2.22. The molecule has 0 amide bonds. The molecule has 0 fully saturated rings. The fraction of sp³-hybridized carbons (Fsp3) is 0.412. The molecule has 1 aromatic heterocycles. The molecule has 0 bridgehead atoms. The smallest absolute Gasteiger partial charge is 0.162 e. The van der Waals surface area contributed by atoms with E-state index in [-0.39, 0.29) is 0 Å². The number of benzene rings is 1. The standard InChI is InChI=1S/C17H23N3/c1-4-8-14-12-16(18-11-5-2)20-17(19-14)15-10-7-6-9-13(15)3/h6-7,9-10,12H,4-5,8,11H2,1-3H3,(H,18,19,20). The van der Waals surface area contributed by atoms with Crippen molar-refractivity contribution in [2.75, 3.05) is 11.9 Å². The number of aromatic nitrogens is 2. The van der Waals surface area contributed by atoms with Crippen LogP contribution in [0.5, 0.6) is 0 Å². The van der Waals surface area contributed by atoms with Gasteiger partial charge in [0, 0.05) is 23.9 Å². The van der Waals surface area contributed by atoms with Gasteiger partial charge >= 0.3 is 0 Å². The Morgan fingerprint density at radius 2 is 1.85 bits per heavy atom. The minimum atomic E-state index is 0.827. The van der Waals surface area contributed by atoms with Crippen LogP contribution < -0.4 is 5.32 Å². The molecule has 1 N–H and O–H groups in total. The molecular formula is C17H23N3. The maximum absolute atomic E-state index is 4.71. The van der Waals surface area contributed by atoms with Gasteiger partial charge in [-0.1, -0.05) is 44.5 Å². The second-order valence-corrected chi connectivity index (χ2v) is 5.06. The van der Waals surface area contributed by atoms with Crippen LogP contribution in [0.25, 0.3) is 11.4 Å². The van der Waals surface area contributed by atoms with E-state index in [4.69, 9.17) is 4.98 Å². The summed E-state index contributed by atoms with van der Waals surface area (Å²) in [5.74, 6) is 1.76. The van der Waals surface area contributed by atoms with Crippen LogP contribution in [-0.4, -0.2) is 16.5 Å². The summed E-state index contributed by atoms with van der Waals surface area (Å²) in [7, 11) is 0. The van der Waals surface area contributed by atoms with E-state index in [1.807, 2.05) is 12.1 Å². The van der Waals surface area contributed by atoms with Crippen molar-refractivity contribution in [2.45, 2.75) is 40.0 Å². The van der Waals surface area contributed by atoms with Crippen molar-refractivity contribution in [2.24, 2.45) is 0 Å². The van der Waals surface area contributed by atoms with Gasteiger partial charge in [0.15, 0.2) is 5.82 Å². The van der Waals surface area contributed by atoms with Crippen molar-refractivity contribution in [3.05, 3.63) is 41.6 Å². The van der Waals surface area contributed by atoms with Crippen molar-refractivity contribution in [1.29, 1.82) is 0 Å². The fourth-order valence-electron chi connectivity index (χ4n) is 2.17. The maximum atomic E-state index is 4.71. The zero-order chi connectivity index (χ0) is 14.4.